The Labute approximate surface area is 149 Å². The summed E-state index contributed by atoms with van der Waals surface area (Å²) in [6.45, 7) is -0.0559. The maximum atomic E-state index is 13.4. The van der Waals surface area contributed by atoms with Gasteiger partial charge in [0.15, 0.2) is 0 Å². The van der Waals surface area contributed by atoms with Crippen LogP contribution < -0.4 is 10.1 Å². The zero-order chi connectivity index (χ0) is 17.7. The van der Waals surface area contributed by atoms with Gasteiger partial charge in [0, 0.05) is 17.6 Å². The van der Waals surface area contributed by atoms with E-state index in [1.807, 2.05) is 0 Å². The third-order valence-corrected chi connectivity index (χ3v) is 3.76. The highest BCUT2D eigenvalue weighted by atomic mass is 79.9. The Hall–Kier alpha value is -1.99. The molecule has 0 fully saturated rings. The third kappa shape index (κ3) is 5.01. The fourth-order valence-electron chi connectivity index (χ4n) is 1.78. The lowest BCUT2D eigenvalue weighted by molar-refractivity contribution is -0.134. The van der Waals surface area contributed by atoms with Crippen molar-refractivity contribution in [2.24, 2.45) is 0 Å². The third-order valence-electron chi connectivity index (χ3n) is 2.91. The molecule has 0 atom stereocenters. The van der Waals surface area contributed by atoms with Crippen molar-refractivity contribution in [3.8, 4) is 5.75 Å². The van der Waals surface area contributed by atoms with Crippen molar-refractivity contribution in [1.82, 2.24) is 5.32 Å². The number of esters is 1. The number of nitrogens with one attached hydrogen (secondary N) is 1. The van der Waals surface area contributed by atoms with Gasteiger partial charge >= 0.3 is 5.97 Å². The fraction of sp³-hybridized carbons (Fsp3) is 0.125. The molecule has 0 aliphatic carbocycles. The number of hydrogen-bond acceptors (Lipinski definition) is 3. The van der Waals surface area contributed by atoms with Crippen LogP contribution in [0, 0.1) is 11.6 Å². The summed E-state index contributed by atoms with van der Waals surface area (Å²) in [5.74, 6) is -2.78. The van der Waals surface area contributed by atoms with E-state index >= 15 is 0 Å². The summed E-state index contributed by atoms with van der Waals surface area (Å²) in [7, 11) is 0. The molecule has 126 valence electrons. The summed E-state index contributed by atoms with van der Waals surface area (Å²) in [4.78, 5) is 23.5. The Morgan fingerprint density at radius 1 is 1.17 bits per heavy atom. The summed E-state index contributed by atoms with van der Waals surface area (Å²) in [5.41, 5.74) is -0.301. The van der Waals surface area contributed by atoms with Gasteiger partial charge in [-0.3, -0.25) is 9.59 Å². The maximum Gasteiger partial charge on any atom is 0.313 e. The lowest BCUT2D eigenvalue weighted by Gasteiger charge is -2.08. The number of ether oxygens (including phenoxy) is 1. The first kappa shape index (κ1) is 18.4. The van der Waals surface area contributed by atoms with Gasteiger partial charge in [0.25, 0.3) is 5.91 Å². The van der Waals surface area contributed by atoms with E-state index in [1.165, 1.54) is 6.07 Å². The Bertz CT molecular complexity index is 786. The summed E-state index contributed by atoms with van der Waals surface area (Å²) < 4.78 is 31.9. The van der Waals surface area contributed by atoms with Gasteiger partial charge in [-0.05, 0) is 46.3 Å². The summed E-state index contributed by atoms with van der Waals surface area (Å²) in [6, 6.07) is 7.28. The number of hydrogen-bond donors (Lipinski definition) is 1. The van der Waals surface area contributed by atoms with Crippen molar-refractivity contribution in [1.29, 1.82) is 0 Å². The van der Waals surface area contributed by atoms with Gasteiger partial charge in [-0.15, -0.1) is 0 Å². The molecule has 0 aliphatic heterocycles. The topological polar surface area (TPSA) is 55.4 Å². The highest BCUT2D eigenvalue weighted by Gasteiger charge is 2.13. The lowest BCUT2D eigenvalue weighted by atomic mass is 10.2. The van der Waals surface area contributed by atoms with E-state index in [9.17, 15) is 18.4 Å². The SMILES string of the molecule is O=C(CCNC(=O)c1ccc(F)cc1F)Oc1ccc(Cl)cc1Br. The molecule has 0 aliphatic rings. The van der Waals surface area contributed by atoms with Gasteiger partial charge in [0.2, 0.25) is 0 Å². The van der Waals surface area contributed by atoms with E-state index in [-0.39, 0.29) is 18.5 Å². The Morgan fingerprint density at radius 2 is 1.92 bits per heavy atom. The molecule has 4 nitrogen and oxygen atoms in total. The molecule has 2 aromatic carbocycles. The Kier molecular flexibility index (Phi) is 6.28. The minimum Gasteiger partial charge on any atom is -0.425 e. The molecular weight excluding hydrogens is 408 g/mol. The van der Waals surface area contributed by atoms with Crippen molar-refractivity contribution in [2.45, 2.75) is 6.42 Å². The van der Waals surface area contributed by atoms with Gasteiger partial charge in [0.05, 0.1) is 16.5 Å². The minimum absolute atomic E-state index is 0.0559. The molecule has 2 aromatic rings. The molecule has 0 aromatic heterocycles. The van der Waals surface area contributed by atoms with Crippen LogP contribution in [-0.4, -0.2) is 18.4 Å². The highest BCUT2D eigenvalue weighted by molar-refractivity contribution is 9.10. The molecule has 2 rings (SSSR count). The molecule has 0 unspecified atom stereocenters. The van der Waals surface area contributed by atoms with E-state index in [2.05, 4.69) is 21.2 Å². The Balaban J connectivity index is 1.85. The van der Waals surface area contributed by atoms with Crippen LogP contribution in [0.5, 0.6) is 5.75 Å². The first-order chi connectivity index (χ1) is 11.4. The van der Waals surface area contributed by atoms with Crippen molar-refractivity contribution in [3.63, 3.8) is 0 Å². The normalized spacial score (nSPS) is 10.3. The van der Waals surface area contributed by atoms with E-state index < -0.39 is 23.5 Å². The molecule has 0 saturated carbocycles. The second-order valence-corrected chi connectivity index (χ2v) is 5.97. The predicted octanol–water partition coefficient (Wildman–Crippen LogP) is 4.11. The molecule has 8 heteroatoms. The van der Waals surface area contributed by atoms with Gasteiger partial charge in [-0.25, -0.2) is 8.78 Å². The molecule has 0 saturated heterocycles. The average molecular weight is 419 g/mol. The van der Waals surface area contributed by atoms with Crippen LogP contribution in [-0.2, 0) is 4.79 Å². The lowest BCUT2D eigenvalue weighted by Crippen LogP contribution is -2.28. The van der Waals surface area contributed by atoms with Crippen LogP contribution in [0.4, 0.5) is 8.78 Å². The number of benzene rings is 2. The number of amides is 1. The molecule has 24 heavy (non-hydrogen) atoms. The Morgan fingerprint density at radius 3 is 2.58 bits per heavy atom. The first-order valence-electron chi connectivity index (χ1n) is 6.76. The van der Waals surface area contributed by atoms with Gasteiger partial charge in [-0.2, -0.15) is 0 Å². The van der Waals surface area contributed by atoms with Crippen LogP contribution in [0.15, 0.2) is 40.9 Å². The van der Waals surface area contributed by atoms with Crippen molar-refractivity contribution >= 4 is 39.4 Å². The van der Waals surface area contributed by atoms with E-state index in [0.29, 0.717) is 21.3 Å². The zero-order valence-corrected chi connectivity index (χ0v) is 14.5. The van der Waals surface area contributed by atoms with Crippen molar-refractivity contribution < 1.29 is 23.1 Å². The standard InChI is InChI=1S/C16H11BrClF2NO3/c17-12-7-9(18)1-4-14(12)24-15(22)5-6-21-16(23)11-3-2-10(19)8-13(11)20/h1-4,7-8H,5-6H2,(H,21,23). The quantitative estimate of drug-likeness (QED) is 0.587. The number of carbonyl (C=O) groups is 2. The molecule has 0 spiro atoms. The molecule has 0 radical (unpaired) electrons. The highest BCUT2D eigenvalue weighted by Crippen LogP contribution is 2.28. The second kappa shape index (κ2) is 8.21. The van der Waals surface area contributed by atoms with Crippen LogP contribution in [0.2, 0.25) is 5.02 Å². The first-order valence-corrected chi connectivity index (χ1v) is 7.93. The van der Waals surface area contributed by atoms with E-state index in [1.54, 1.807) is 12.1 Å². The number of rotatable bonds is 5. The molecule has 0 heterocycles. The average Bonchev–Trinajstić information content (AvgIpc) is 2.50. The molecule has 1 amide bonds. The van der Waals surface area contributed by atoms with Crippen LogP contribution >= 0.6 is 27.5 Å². The van der Waals surface area contributed by atoms with Crippen LogP contribution in [0.1, 0.15) is 16.8 Å². The number of carbonyl (C=O) groups excluding carboxylic acids is 2. The van der Waals surface area contributed by atoms with Gasteiger partial charge in [-0.1, -0.05) is 11.6 Å². The molecular formula is C16H11BrClF2NO3. The van der Waals surface area contributed by atoms with Crippen molar-refractivity contribution in [2.75, 3.05) is 6.54 Å². The molecule has 1 N–H and O–H groups in total. The minimum atomic E-state index is -0.972. The monoisotopic (exact) mass is 417 g/mol. The summed E-state index contributed by atoms with van der Waals surface area (Å²) in [5, 5.41) is 2.85. The van der Waals surface area contributed by atoms with E-state index in [4.69, 9.17) is 16.3 Å². The summed E-state index contributed by atoms with van der Waals surface area (Å²) >= 11 is 8.99. The second-order valence-electron chi connectivity index (χ2n) is 4.68. The van der Waals surface area contributed by atoms with Crippen LogP contribution in [0.3, 0.4) is 0 Å². The van der Waals surface area contributed by atoms with Gasteiger partial charge in [0.1, 0.15) is 17.4 Å². The number of halogens is 4. The summed E-state index contributed by atoms with van der Waals surface area (Å²) in [6.07, 6.45) is -0.121. The van der Waals surface area contributed by atoms with Gasteiger partial charge < -0.3 is 10.1 Å². The zero-order valence-electron chi connectivity index (χ0n) is 12.1. The fourth-order valence-corrected chi connectivity index (χ4v) is 2.54. The van der Waals surface area contributed by atoms with Crippen molar-refractivity contribution in [3.05, 3.63) is 63.1 Å². The smallest absolute Gasteiger partial charge is 0.313 e. The van der Waals surface area contributed by atoms with E-state index in [0.717, 1.165) is 12.1 Å². The predicted molar refractivity (Wildman–Crippen MR) is 88.1 cm³/mol. The molecule has 0 bridgehead atoms. The maximum absolute atomic E-state index is 13.4. The largest absolute Gasteiger partial charge is 0.425 e. The van der Waals surface area contributed by atoms with Crippen LogP contribution in [0.25, 0.3) is 0 Å².